The Morgan fingerprint density at radius 3 is 2.45 bits per heavy atom. The molecule has 0 fully saturated rings. The van der Waals surface area contributed by atoms with Crippen LogP contribution in [0.4, 0.5) is 10.1 Å². The van der Waals surface area contributed by atoms with E-state index in [1.807, 2.05) is 64.0 Å². The van der Waals surface area contributed by atoms with Crippen molar-refractivity contribution in [2.24, 2.45) is 0 Å². The van der Waals surface area contributed by atoms with Crippen LogP contribution in [0.1, 0.15) is 5.56 Å². The molecule has 1 N–H and O–H groups in total. The fourth-order valence-corrected chi connectivity index (χ4v) is 3.56. The Hall–Kier alpha value is -3.39. The third kappa shape index (κ3) is 4.55. The molecule has 0 radical (unpaired) electrons. The van der Waals surface area contributed by atoms with Crippen LogP contribution in [-0.2, 0) is 11.3 Å². The third-order valence-corrected chi connectivity index (χ3v) is 5.16. The summed E-state index contributed by atoms with van der Waals surface area (Å²) in [5.74, 6) is -0.0202. The topological polar surface area (TPSA) is 64.7 Å². The Labute approximate surface area is 171 Å². The normalized spacial score (nSPS) is 10.8. The number of halogens is 1. The van der Waals surface area contributed by atoms with Gasteiger partial charge in [-0.3, -0.25) is 13.9 Å². The Kier molecular flexibility index (Phi) is 5.71. The van der Waals surface area contributed by atoms with Crippen molar-refractivity contribution in [3.05, 3.63) is 90.5 Å². The second-order valence-electron chi connectivity index (χ2n) is 6.26. The van der Waals surface area contributed by atoms with Gasteiger partial charge in [-0.25, -0.2) is 4.39 Å². The summed E-state index contributed by atoms with van der Waals surface area (Å²) in [5, 5.41) is 11.8. The van der Waals surface area contributed by atoms with E-state index < -0.39 is 5.82 Å². The first-order valence-corrected chi connectivity index (χ1v) is 9.97. The van der Waals surface area contributed by atoms with Crippen molar-refractivity contribution in [3.8, 4) is 5.95 Å². The molecule has 2 aromatic heterocycles. The van der Waals surface area contributed by atoms with Gasteiger partial charge in [0, 0.05) is 12.4 Å². The molecule has 0 saturated carbocycles. The average Bonchev–Trinajstić information content (AvgIpc) is 3.39. The largest absolute Gasteiger partial charge is 0.323 e. The standard InChI is InChI=1S/C21H18FN5OS/c22-17-10-4-5-11-18(17)23-19(28)15-29-21-25-24-20(26-12-6-7-13-26)27(21)14-16-8-2-1-3-9-16/h1-13H,14-15H2,(H,23,28). The number of anilines is 1. The molecule has 0 saturated heterocycles. The van der Waals surface area contributed by atoms with Gasteiger partial charge in [-0.2, -0.15) is 0 Å². The van der Waals surface area contributed by atoms with E-state index in [2.05, 4.69) is 15.5 Å². The SMILES string of the molecule is O=C(CSc1nnc(-n2cccc2)n1Cc1ccccc1)Nc1ccccc1F. The second-order valence-corrected chi connectivity index (χ2v) is 7.20. The molecular formula is C21H18FN5OS. The Bertz CT molecular complexity index is 1100. The number of thioether (sulfide) groups is 1. The van der Waals surface area contributed by atoms with E-state index in [-0.39, 0.29) is 17.3 Å². The van der Waals surface area contributed by atoms with Gasteiger partial charge < -0.3 is 5.32 Å². The molecule has 0 aliphatic heterocycles. The monoisotopic (exact) mass is 407 g/mol. The van der Waals surface area contributed by atoms with Crippen LogP contribution in [0.2, 0.25) is 0 Å². The van der Waals surface area contributed by atoms with E-state index >= 15 is 0 Å². The maximum atomic E-state index is 13.7. The zero-order valence-electron chi connectivity index (χ0n) is 15.4. The summed E-state index contributed by atoms with van der Waals surface area (Å²) in [7, 11) is 0. The molecule has 2 aromatic carbocycles. The van der Waals surface area contributed by atoms with Crippen LogP contribution in [0, 0.1) is 5.82 Å². The first-order valence-electron chi connectivity index (χ1n) is 8.98. The van der Waals surface area contributed by atoms with Gasteiger partial charge in [0.25, 0.3) is 0 Å². The van der Waals surface area contributed by atoms with Crippen molar-refractivity contribution in [3.63, 3.8) is 0 Å². The molecule has 0 aliphatic carbocycles. The van der Waals surface area contributed by atoms with E-state index in [9.17, 15) is 9.18 Å². The summed E-state index contributed by atoms with van der Waals surface area (Å²) in [6.45, 7) is 0.568. The number of amides is 1. The van der Waals surface area contributed by atoms with Crippen molar-refractivity contribution in [1.82, 2.24) is 19.3 Å². The van der Waals surface area contributed by atoms with Crippen LogP contribution >= 0.6 is 11.8 Å². The first kappa shape index (κ1) is 18.9. The molecule has 1 amide bonds. The minimum absolute atomic E-state index is 0.0902. The van der Waals surface area contributed by atoms with E-state index in [0.29, 0.717) is 17.6 Å². The summed E-state index contributed by atoms with van der Waals surface area (Å²) in [5.41, 5.74) is 1.26. The number of para-hydroxylation sites is 1. The average molecular weight is 407 g/mol. The van der Waals surface area contributed by atoms with Crippen molar-refractivity contribution >= 4 is 23.4 Å². The van der Waals surface area contributed by atoms with Crippen LogP contribution < -0.4 is 5.32 Å². The number of aromatic nitrogens is 4. The number of benzene rings is 2. The van der Waals surface area contributed by atoms with Gasteiger partial charge in [0.15, 0.2) is 5.16 Å². The maximum Gasteiger partial charge on any atom is 0.236 e. The van der Waals surface area contributed by atoms with Gasteiger partial charge in [-0.15, -0.1) is 10.2 Å². The lowest BCUT2D eigenvalue weighted by atomic mass is 10.2. The fraction of sp³-hybridized carbons (Fsp3) is 0.0952. The Morgan fingerprint density at radius 2 is 1.69 bits per heavy atom. The van der Waals surface area contributed by atoms with Gasteiger partial charge in [-0.05, 0) is 29.8 Å². The highest BCUT2D eigenvalue weighted by atomic mass is 32.2. The van der Waals surface area contributed by atoms with Crippen LogP contribution in [0.25, 0.3) is 5.95 Å². The lowest BCUT2D eigenvalue weighted by Gasteiger charge is -2.11. The molecule has 0 unspecified atom stereocenters. The number of nitrogens with one attached hydrogen (secondary N) is 1. The molecule has 6 nitrogen and oxygen atoms in total. The number of hydrogen-bond donors (Lipinski definition) is 1. The van der Waals surface area contributed by atoms with Crippen LogP contribution in [0.15, 0.2) is 84.3 Å². The predicted octanol–water partition coefficient (Wildman–Crippen LogP) is 3.99. The van der Waals surface area contributed by atoms with Gasteiger partial charge >= 0.3 is 0 Å². The van der Waals surface area contributed by atoms with Crippen molar-refractivity contribution in [2.45, 2.75) is 11.7 Å². The number of carbonyl (C=O) groups is 1. The molecule has 2 heterocycles. The lowest BCUT2D eigenvalue weighted by molar-refractivity contribution is -0.113. The van der Waals surface area contributed by atoms with Crippen LogP contribution in [0.3, 0.4) is 0 Å². The number of nitrogens with zero attached hydrogens (tertiary/aromatic N) is 4. The number of rotatable bonds is 7. The highest BCUT2D eigenvalue weighted by molar-refractivity contribution is 7.99. The summed E-state index contributed by atoms with van der Waals surface area (Å²) in [6, 6.07) is 19.9. The number of carbonyl (C=O) groups excluding carboxylic acids is 1. The second kappa shape index (κ2) is 8.74. The molecule has 4 rings (SSSR count). The quantitative estimate of drug-likeness (QED) is 0.471. The van der Waals surface area contributed by atoms with Crippen molar-refractivity contribution < 1.29 is 9.18 Å². The highest BCUT2D eigenvalue weighted by Crippen LogP contribution is 2.22. The molecule has 146 valence electrons. The van der Waals surface area contributed by atoms with Gasteiger partial charge in [-0.1, -0.05) is 54.2 Å². The predicted molar refractivity (Wildman–Crippen MR) is 111 cm³/mol. The Morgan fingerprint density at radius 1 is 0.966 bits per heavy atom. The zero-order chi connectivity index (χ0) is 20.1. The number of hydrogen-bond acceptors (Lipinski definition) is 4. The molecule has 29 heavy (non-hydrogen) atoms. The van der Waals surface area contributed by atoms with Crippen molar-refractivity contribution in [2.75, 3.05) is 11.1 Å². The minimum atomic E-state index is -0.465. The van der Waals surface area contributed by atoms with E-state index in [1.165, 1.54) is 23.9 Å². The molecular weight excluding hydrogens is 389 g/mol. The van der Waals surface area contributed by atoms with Crippen LogP contribution in [-0.4, -0.2) is 31.0 Å². The summed E-state index contributed by atoms with van der Waals surface area (Å²) in [6.07, 6.45) is 3.79. The third-order valence-electron chi connectivity index (χ3n) is 4.20. The molecule has 0 aliphatic rings. The van der Waals surface area contributed by atoms with E-state index in [1.54, 1.807) is 12.1 Å². The fourth-order valence-electron chi connectivity index (χ4n) is 2.83. The maximum absolute atomic E-state index is 13.7. The van der Waals surface area contributed by atoms with Gasteiger partial charge in [0.2, 0.25) is 11.9 Å². The van der Waals surface area contributed by atoms with E-state index in [0.717, 1.165) is 5.56 Å². The van der Waals surface area contributed by atoms with Crippen molar-refractivity contribution in [1.29, 1.82) is 0 Å². The molecule has 4 aromatic rings. The molecule has 0 bridgehead atoms. The Balaban J connectivity index is 1.52. The molecule has 8 heteroatoms. The summed E-state index contributed by atoms with van der Waals surface area (Å²) < 4.78 is 17.6. The minimum Gasteiger partial charge on any atom is -0.323 e. The summed E-state index contributed by atoms with van der Waals surface area (Å²) in [4.78, 5) is 12.3. The highest BCUT2D eigenvalue weighted by Gasteiger charge is 2.16. The van der Waals surface area contributed by atoms with Crippen LogP contribution in [0.5, 0.6) is 0 Å². The van der Waals surface area contributed by atoms with Gasteiger partial charge in [0.05, 0.1) is 18.0 Å². The molecule has 0 spiro atoms. The summed E-state index contributed by atoms with van der Waals surface area (Å²) >= 11 is 1.26. The van der Waals surface area contributed by atoms with Gasteiger partial charge in [0.1, 0.15) is 5.82 Å². The first-order chi connectivity index (χ1) is 14.2. The zero-order valence-corrected chi connectivity index (χ0v) is 16.2. The lowest BCUT2D eigenvalue weighted by Crippen LogP contribution is -2.16. The van der Waals surface area contributed by atoms with E-state index in [4.69, 9.17) is 0 Å². The molecule has 0 atom stereocenters. The smallest absolute Gasteiger partial charge is 0.236 e.